The molecule has 0 amide bonds. The molecule has 3 aromatic rings. The van der Waals surface area contributed by atoms with Crippen LogP contribution < -0.4 is 5.48 Å². The zero-order valence-electron chi connectivity index (χ0n) is 16.9. The maximum absolute atomic E-state index is 13.3. The average Bonchev–Trinajstić information content (AvgIpc) is 3.06. The molecule has 0 spiro atoms. The van der Waals surface area contributed by atoms with Crippen LogP contribution in [0.25, 0.3) is 21.5 Å². The fourth-order valence-electron chi connectivity index (χ4n) is 4.08. The van der Waals surface area contributed by atoms with Crippen LogP contribution in [0, 0.1) is 4.91 Å². The summed E-state index contributed by atoms with van der Waals surface area (Å²) in [4.78, 5) is 17.4. The van der Waals surface area contributed by atoms with E-state index in [4.69, 9.17) is 4.84 Å². The van der Waals surface area contributed by atoms with Crippen molar-refractivity contribution in [2.45, 2.75) is 37.5 Å². The van der Waals surface area contributed by atoms with Crippen LogP contribution in [0.15, 0.2) is 52.5 Å². The van der Waals surface area contributed by atoms with Gasteiger partial charge < -0.3 is 0 Å². The normalized spacial score (nSPS) is 15.9. The molecule has 1 fully saturated rings. The number of nitrogens with one attached hydrogen (secondary N) is 1. The molecule has 0 radical (unpaired) electrons. The van der Waals surface area contributed by atoms with Gasteiger partial charge in [0.25, 0.3) is 0 Å². The highest BCUT2D eigenvalue weighted by Crippen LogP contribution is 2.42. The summed E-state index contributed by atoms with van der Waals surface area (Å²) in [6, 6.07) is 12.3. The number of rotatable bonds is 6. The molecule has 1 aliphatic heterocycles. The molecule has 3 aromatic carbocycles. The minimum absolute atomic E-state index is 0.180. The average molecular weight is 428 g/mol. The number of fused-ring (bicyclic) bond motifs is 2. The third-order valence-electron chi connectivity index (χ3n) is 5.58. The topological polar surface area (TPSA) is 88.1 Å². The molecular formula is C22H25N3O4S. The van der Waals surface area contributed by atoms with Crippen molar-refractivity contribution in [1.82, 2.24) is 4.31 Å². The molecule has 158 valence electrons. The van der Waals surface area contributed by atoms with E-state index in [0.717, 1.165) is 31.1 Å². The Balaban J connectivity index is 1.94. The molecule has 1 saturated heterocycles. The summed E-state index contributed by atoms with van der Waals surface area (Å²) >= 11 is 0. The van der Waals surface area contributed by atoms with Crippen molar-refractivity contribution in [3.05, 3.63) is 47.4 Å². The van der Waals surface area contributed by atoms with Gasteiger partial charge in [-0.2, -0.15) is 4.31 Å². The molecule has 1 N–H and O–H groups in total. The molecule has 8 heteroatoms. The molecule has 0 aromatic heterocycles. The van der Waals surface area contributed by atoms with E-state index in [2.05, 4.69) is 10.7 Å². The van der Waals surface area contributed by atoms with Crippen LogP contribution in [0.5, 0.6) is 0 Å². The molecule has 0 aliphatic carbocycles. The first-order chi connectivity index (χ1) is 14.6. The number of hydrogen-bond donors (Lipinski definition) is 1. The Morgan fingerprint density at radius 1 is 0.967 bits per heavy atom. The Bertz CT molecular complexity index is 1190. The molecule has 0 unspecified atom stereocenters. The van der Waals surface area contributed by atoms with Gasteiger partial charge >= 0.3 is 0 Å². The Labute approximate surface area is 176 Å². The lowest BCUT2D eigenvalue weighted by Gasteiger charge is -2.21. The zero-order chi connectivity index (χ0) is 21.1. The van der Waals surface area contributed by atoms with Crippen LogP contribution in [0.3, 0.4) is 0 Å². The molecule has 1 aliphatic rings. The number of nitrogens with zero attached hydrogens (tertiary/aromatic N) is 2. The fourth-order valence-corrected chi connectivity index (χ4v) is 5.62. The number of anilines is 1. The smallest absolute Gasteiger partial charge is 0.243 e. The number of sulfonamides is 1. The third-order valence-corrected chi connectivity index (χ3v) is 7.47. The van der Waals surface area contributed by atoms with E-state index in [1.165, 1.54) is 0 Å². The predicted octanol–water partition coefficient (Wildman–Crippen LogP) is 5.32. The molecule has 30 heavy (non-hydrogen) atoms. The first-order valence-electron chi connectivity index (χ1n) is 10.3. The summed E-state index contributed by atoms with van der Waals surface area (Å²) in [5.74, 6) is 0. The van der Waals surface area contributed by atoms with Gasteiger partial charge in [0.2, 0.25) is 10.0 Å². The van der Waals surface area contributed by atoms with Crippen LogP contribution >= 0.6 is 0 Å². The van der Waals surface area contributed by atoms with Gasteiger partial charge in [0.05, 0.1) is 17.2 Å². The van der Waals surface area contributed by atoms with E-state index in [1.807, 2.05) is 25.1 Å². The van der Waals surface area contributed by atoms with Gasteiger partial charge in [-0.1, -0.05) is 43.2 Å². The minimum atomic E-state index is -3.65. The van der Waals surface area contributed by atoms with E-state index in [0.29, 0.717) is 41.5 Å². The Morgan fingerprint density at radius 3 is 2.30 bits per heavy atom. The van der Waals surface area contributed by atoms with Crippen molar-refractivity contribution in [3.63, 3.8) is 0 Å². The highest BCUT2D eigenvalue weighted by atomic mass is 32.2. The highest BCUT2D eigenvalue weighted by molar-refractivity contribution is 7.89. The van der Waals surface area contributed by atoms with Crippen LogP contribution in [-0.4, -0.2) is 32.4 Å². The highest BCUT2D eigenvalue weighted by Gasteiger charge is 2.26. The van der Waals surface area contributed by atoms with E-state index >= 15 is 0 Å². The van der Waals surface area contributed by atoms with Crippen LogP contribution in [0.1, 0.15) is 32.6 Å². The minimum Gasteiger partial charge on any atom is -0.276 e. The van der Waals surface area contributed by atoms with Gasteiger partial charge in [0, 0.05) is 34.6 Å². The predicted molar refractivity (Wildman–Crippen MR) is 119 cm³/mol. The van der Waals surface area contributed by atoms with Crippen molar-refractivity contribution in [3.8, 4) is 0 Å². The molecule has 7 nitrogen and oxygen atoms in total. The maximum atomic E-state index is 13.3. The fraction of sp³-hybridized carbons (Fsp3) is 0.364. The summed E-state index contributed by atoms with van der Waals surface area (Å²) in [6.07, 6.45) is 3.81. The van der Waals surface area contributed by atoms with Gasteiger partial charge in [-0.3, -0.25) is 10.3 Å². The van der Waals surface area contributed by atoms with E-state index in [9.17, 15) is 13.3 Å². The largest absolute Gasteiger partial charge is 0.276 e. The lowest BCUT2D eigenvalue weighted by Crippen LogP contribution is -2.31. The second kappa shape index (κ2) is 8.67. The van der Waals surface area contributed by atoms with Gasteiger partial charge in [0.1, 0.15) is 5.69 Å². The Hall–Kier alpha value is -2.55. The number of hydrogen-bond acceptors (Lipinski definition) is 6. The standard InChI is InChI=1S/C22H25N3O4S/c1-2-29-24-22-18-10-6-5-9-17(18)21(23-26)20-15-16(11-12-19(20)22)30(27,28)25-13-7-3-4-8-14-25/h5-6,9-12,15,24H,2-4,7-8,13-14H2,1H3. The quantitative estimate of drug-likeness (QED) is 0.327. The summed E-state index contributed by atoms with van der Waals surface area (Å²) < 4.78 is 28.1. The molecule has 0 atom stereocenters. The molecule has 0 bridgehead atoms. The Morgan fingerprint density at radius 2 is 1.63 bits per heavy atom. The summed E-state index contributed by atoms with van der Waals surface area (Å²) in [5.41, 5.74) is 3.88. The molecule has 0 saturated carbocycles. The van der Waals surface area contributed by atoms with Gasteiger partial charge in [0.15, 0.2) is 0 Å². The summed E-state index contributed by atoms with van der Waals surface area (Å²) in [7, 11) is -3.65. The second-order valence-corrected chi connectivity index (χ2v) is 9.36. The van der Waals surface area contributed by atoms with Gasteiger partial charge in [-0.05, 0) is 37.1 Å². The van der Waals surface area contributed by atoms with Crippen molar-refractivity contribution in [2.75, 3.05) is 25.2 Å². The van der Waals surface area contributed by atoms with Crippen molar-refractivity contribution < 1.29 is 13.3 Å². The lowest BCUT2D eigenvalue weighted by molar-refractivity contribution is 0.211. The summed E-state index contributed by atoms with van der Waals surface area (Å²) in [6.45, 7) is 3.36. The van der Waals surface area contributed by atoms with Crippen molar-refractivity contribution in [1.29, 1.82) is 0 Å². The SMILES string of the molecule is CCONc1c2ccccc2c(N=O)c2cc(S(=O)(=O)N3CCCCCC3)ccc12. The van der Waals surface area contributed by atoms with Crippen LogP contribution in [0.2, 0.25) is 0 Å². The maximum Gasteiger partial charge on any atom is 0.243 e. The third kappa shape index (κ3) is 3.66. The zero-order valence-corrected chi connectivity index (χ0v) is 17.7. The van der Waals surface area contributed by atoms with Crippen LogP contribution in [0.4, 0.5) is 11.4 Å². The first kappa shape index (κ1) is 20.7. The summed E-state index contributed by atoms with van der Waals surface area (Å²) in [5, 5.41) is 5.88. The molecule has 4 rings (SSSR count). The van der Waals surface area contributed by atoms with Crippen molar-refractivity contribution >= 4 is 42.9 Å². The van der Waals surface area contributed by atoms with Crippen LogP contribution in [-0.2, 0) is 14.9 Å². The first-order valence-corrected chi connectivity index (χ1v) is 11.7. The van der Waals surface area contributed by atoms with E-state index in [-0.39, 0.29) is 10.6 Å². The number of nitroso groups, excluding NO2 is 1. The molecular weight excluding hydrogens is 402 g/mol. The van der Waals surface area contributed by atoms with E-state index < -0.39 is 10.0 Å². The monoisotopic (exact) mass is 427 g/mol. The van der Waals surface area contributed by atoms with Crippen molar-refractivity contribution in [2.24, 2.45) is 5.18 Å². The number of benzene rings is 3. The lowest BCUT2D eigenvalue weighted by atomic mass is 9.99. The van der Waals surface area contributed by atoms with Gasteiger partial charge in [-0.15, -0.1) is 4.91 Å². The van der Waals surface area contributed by atoms with E-state index in [1.54, 1.807) is 28.6 Å². The Kier molecular flexibility index (Phi) is 5.99. The molecule has 1 heterocycles. The second-order valence-electron chi connectivity index (χ2n) is 7.42. The van der Waals surface area contributed by atoms with Gasteiger partial charge in [-0.25, -0.2) is 8.42 Å².